The van der Waals surface area contributed by atoms with Crippen molar-refractivity contribution in [1.29, 1.82) is 0 Å². The maximum Gasteiger partial charge on any atom is 0.276 e. The van der Waals surface area contributed by atoms with Gasteiger partial charge in [0.05, 0.1) is 18.8 Å². The average Bonchev–Trinajstić information content (AvgIpc) is 2.84. The molecule has 2 aliphatic rings. The van der Waals surface area contributed by atoms with E-state index >= 15 is 0 Å². The lowest BCUT2D eigenvalue weighted by atomic mass is 9.99. The summed E-state index contributed by atoms with van der Waals surface area (Å²) in [5.74, 6) is -0.719. The normalized spacial score (nSPS) is 24.1. The molecule has 3 atom stereocenters. The van der Waals surface area contributed by atoms with Crippen molar-refractivity contribution in [3.05, 3.63) is 65.2 Å². The van der Waals surface area contributed by atoms with Crippen LogP contribution >= 0.6 is 34.8 Å². The van der Waals surface area contributed by atoms with Crippen LogP contribution in [0.1, 0.15) is 54.8 Å². The third-order valence-corrected chi connectivity index (χ3v) is 6.74. The lowest BCUT2D eigenvalue weighted by Gasteiger charge is -2.39. The summed E-state index contributed by atoms with van der Waals surface area (Å²) < 4.78 is 10.7. The minimum Gasteiger partial charge on any atom is -0.392 e. The van der Waals surface area contributed by atoms with Gasteiger partial charge in [0.2, 0.25) is 0 Å². The van der Waals surface area contributed by atoms with Gasteiger partial charge in [-0.05, 0) is 49.2 Å². The molecule has 0 aliphatic carbocycles. The SMILES string of the molecule is O=C(Nc1ccc([C@H]2O[C@@H](CN3CCCCC3)C[C@@H](c3ccc(CO)cc3)O2)cc1)C(Cl)(Cl)Cl. The Morgan fingerprint density at radius 2 is 1.62 bits per heavy atom. The Bertz CT molecular complexity index is 944. The zero-order valence-corrected chi connectivity index (χ0v) is 21.0. The quantitative estimate of drug-likeness (QED) is 0.484. The number of piperidine rings is 1. The van der Waals surface area contributed by atoms with Crippen molar-refractivity contribution >= 4 is 46.4 Å². The fourth-order valence-corrected chi connectivity index (χ4v) is 4.53. The number of halogens is 3. The zero-order chi connectivity index (χ0) is 24.1. The molecular formula is C25H29Cl3N2O4. The lowest BCUT2D eigenvalue weighted by Crippen LogP contribution is -2.41. The fourth-order valence-electron chi connectivity index (χ4n) is 4.39. The highest BCUT2D eigenvalue weighted by molar-refractivity contribution is 6.76. The molecule has 2 N–H and O–H groups in total. The van der Waals surface area contributed by atoms with E-state index in [1.54, 1.807) is 12.1 Å². The summed E-state index contributed by atoms with van der Waals surface area (Å²) >= 11 is 16.9. The number of nitrogens with one attached hydrogen (secondary N) is 1. The van der Waals surface area contributed by atoms with E-state index in [0.29, 0.717) is 5.69 Å². The number of aliphatic hydroxyl groups is 1. The molecule has 0 saturated carbocycles. The first-order valence-electron chi connectivity index (χ1n) is 11.5. The predicted molar refractivity (Wildman–Crippen MR) is 134 cm³/mol. The number of rotatable bonds is 6. The summed E-state index contributed by atoms with van der Waals surface area (Å²) in [5, 5.41) is 11.9. The Morgan fingerprint density at radius 1 is 0.971 bits per heavy atom. The summed E-state index contributed by atoms with van der Waals surface area (Å²) in [5.41, 5.74) is 3.27. The van der Waals surface area contributed by atoms with Crippen LogP contribution in [0.15, 0.2) is 48.5 Å². The Kier molecular flexibility index (Phi) is 8.75. The van der Waals surface area contributed by atoms with Gasteiger partial charge in [0, 0.05) is 24.2 Å². The van der Waals surface area contributed by atoms with E-state index < -0.39 is 16.0 Å². The highest BCUT2D eigenvalue weighted by Gasteiger charge is 2.34. The molecule has 0 aromatic heterocycles. The van der Waals surface area contributed by atoms with Gasteiger partial charge in [-0.25, -0.2) is 0 Å². The van der Waals surface area contributed by atoms with Crippen LogP contribution in [0.25, 0.3) is 0 Å². The van der Waals surface area contributed by atoms with Gasteiger partial charge in [0.15, 0.2) is 6.29 Å². The topological polar surface area (TPSA) is 71.0 Å². The van der Waals surface area contributed by atoms with Crippen LogP contribution in [0.2, 0.25) is 0 Å². The summed E-state index contributed by atoms with van der Waals surface area (Å²) in [6, 6.07) is 15.0. The smallest absolute Gasteiger partial charge is 0.276 e. The number of ether oxygens (including phenoxy) is 2. The number of carbonyl (C=O) groups excluding carboxylic acids is 1. The van der Waals surface area contributed by atoms with E-state index in [0.717, 1.165) is 42.7 Å². The number of hydrogen-bond acceptors (Lipinski definition) is 5. The number of amides is 1. The molecule has 34 heavy (non-hydrogen) atoms. The number of carbonyl (C=O) groups is 1. The van der Waals surface area contributed by atoms with E-state index in [1.165, 1.54) is 19.3 Å². The first kappa shape index (κ1) is 25.7. The second-order valence-corrected chi connectivity index (χ2v) is 11.1. The van der Waals surface area contributed by atoms with Crippen molar-refractivity contribution in [3.8, 4) is 0 Å². The van der Waals surface area contributed by atoms with E-state index in [4.69, 9.17) is 44.3 Å². The molecule has 4 rings (SSSR count). The van der Waals surface area contributed by atoms with Gasteiger partial charge >= 0.3 is 0 Å². The van der Waals surface area contributed by atoms with Crippen LogP contribution in [-0.2, 0) is 20.9 Å². The Balaban J connectivity index is 1.50. The van der Waals surface area contributed by atoms with Crippen LogP contribution < -0.4 is 5.32 Å². The molecule has 6 nitrogen and oxygen atoms in total. The van der Waals surface area contributed by atoms with Crippen LogP contribution in [0.4, 0.5) is 5.69 Å². The molecule has 2 aromatic carbocycles. The minimum absolute atomic E-state index is 0.0102. The van der Waals surface area contributed by atoms with E-state index in [1.807, 2.05) is 36.4 Å². The number of aliphatic hydroxyl groups excluding tert-OH is 1. The molecule has 184 valence electrons. The van der Waals surface area contributed by atoms with E-state index in [2.05, 4.69) is 10.2 Å². The average molecular weight is 528 g/mol. The lowest BCUT2D eigenvalue weighted by molar-refractivity contribution is -0.253. The zero-order valence-electron chi connectivity index (χ0n) is 18.8. The molecule has 2 fully saturated rings. The molecule has 9 heteroatoms. The van der Waals surface area contributed by atoms with Crippen molar-refractivity contribution < 1.29 is 19.4 Å². The highest BCUT2D eigenvalue weighted by Crippen LogP contribution is 2.38. The summed E-state index contributed by atoms with van der Waals surface area (Å²) in [4.78, 5) is 14.4. The molecule has 2 aromatic rings. The summed E-state index contributed by atoms with van der Waals surface area (Å²) in [7, 11) is 0. The molecule has 0 spiro atoms. The van der Waals surface area contributed by atoms with Crippen molar-refractivity contribution in [2.75, 3.05) is 25.0 Å². The van der Waals surface area contributed by atoms with Crippen LogP contribution in [0, 0.1) is 0 Å². The molecule has 2 heterocycles. The standard InChI is InChI=1S/C25H29Cl3N2O4/c26-25(27,28)24(32)29-20-10-8-19(9-11-20)23-33-21(15-30-12-2-1-3-13-30)14-22(34-23)18-6-4-17(16-31)5-7-18/h4-11,21-23,31H,1-3,12-16H2,(H,29,32)/t21-,22+,23+/m1/s1. The number of benzene rings is 2. The summed E-state index contributed by atoms with van der Waals surface area (Å²) in [6.07, 6.45) is 3.81. The largest absolute Gasteiger partial charge is 0.392 e. The van der Waals surface area contributed by atoms with Gasteiger partial charge in [-0.3, -0.25) is 4.79 Å². The molecule has 0 unspecified atom stereocenters. The Hall–Kier alpha value is -1.38. The Morgan fingerprint density at radius 3 is 2.24 bits per heavy atom. The third kappa shape index (κ3) is 6.85. The number of nitrogens with zero attached hydrogens (tertiary/aromatic N) is 1. The van der Waals surface area contributed by atoms with Gasteiger partial charge in [-0.15, -0.1) is 0 Å². The summed E-state index contributed by atoms with van der Waals surface area (Å²) in [6.45, 7) is 3.07. The number of likely N-dealkylation sites (tertiary alicyclic amines) is 1. The van der Waals surface area contributed by atoms with E-state index in [-0.39, 0.29) is 18.8 Å². The minimum atomic E-state index is -2.03. The maximum absolute atomic E-state index is 11.9. The van der Waals surface area contributed by atoms with Gasteiger partial charge in [-0.2, -0.15) is 0 Å². The maximum atomic E-state index is 11.9. The van der Waals surface area contributed by atoms with Crippen LogP contribution in [0.5, 0.6) is 0 Å². The van der Waals surface area contributed by atoms with Crippen molar-refractivity contribution in [2.24, 2.45) is 0 Å². The monoisotopic (exact) mass is 526 g/mol. The molecule has 2 saturated heterocycles. The van der Waals surface area contributed by atoms with Crippen molar-refractivity contribution in [2.45, 2.75) is 54.6 Å². The third-order valence-electron chi connectivity index (χ3n) is 6.22. The molecule has 0 bridgehead atoms. The van der Waals surface area contributed by atoms with Crippen LogP contribution in [0.3, 0.4) is 0 Å². The van der Waals surface area contributed by atoms with Crippen molar-refractivity contribution in [3.63, 3.8) is 0 Å². The molecule has 2 aliphatic heterocycles. The molecular weight excluding hydrogens is 499 g/mol. The highest BCUT2D eigenvalue weighted by atomic mass is 35.6. The number of hydrogen-bond donors (Lipinski definition) is 2. The molecule has 0 radical (unpaired) electrons. The number of anilines is 1. The van der Waals surface area contributed by atoms with Gasteiger partial charge in [-0.1, -0.05) is 77.6 Å². The van der Waals surface area contributed by atoms with Gasteiger partial charge < -0.3 is 24.8 Å². The van der Waals surface area contributed by atoms with Gasteiger partial charge in [0.25, 0.3) is 9.70 Å². The first-order chi connectivity index (χ1) is 16.3. The fraction of sp³-hybridized carbons (Fsp3) is 0.480. The second-order valence-electron chi connectivity index (χ2n) is 8.79. The van der Waals surface area contributed by atoms with Gasteiger partial charge in [0.1, 0.15) is 0 Å². The van der Waals surface area contributed by atoms with E-state index in [9.17, 15) is 9.90 Å². The second kappa shape index (κ2) is 11.6. The molecule has 1 amide bonds. The van der Waals surface area contributed by atoms with Crippen LogP contribution in [-0.4, -0.2) is 45.4 Å². The van der Waals surface area contributed by atoms with Crippen molar-refractivity contribution in [1.82, 2.24) is 4.90 Å². The first-order valence-corrected chi connectivity index (χ1v) is 12.7. The Labute approximate surface area is 215 Å². The predicted octanol–water partition coefficient (Wildman–Crippen LogP) is 5.52. The number of alkyl halides is 3.